The maximum atomic E-state index is 12.4. The Balaban J connectivity index is 2.28. The summed E-state index contributed by atoms with van der Waals surface area (Å²) in [5, 5.41) is 0. The fourth-order valence-corrected chi connectivity index (χ4v) is 3.75. The molecular formula is C14H19NO2S. The molecule has 1 saturated heterocycles. The highest BCUT2D eigenvalue weighted by Gasteiger charge is 2.37. The Hall–Kier alpha value is -1.13. The largest absolute Gasteiger partial charge is 0.243 e. The van der Waals surface area contributed by atoms with E-state index in [9.17, 15) is 8.42 Å². The molecule has 4 heteroatoms. The van der Waals surface area contributed by atoms with Gasteiger partial charge in [-0.3, -0.25) is 0 Å². The summed E-state index contributed by atoms with van der Waals surface area (Å²) in [6, 6.07) is 7.01. The minimum Gasteiger partial charge on any atom is -0.207 e. The van der Waals surface area contributed by atoms with Crippen LogP contribution in [0.2, 0.25) is 0 Å². The zero-order chi connectivity index (χ0) is 13.4. The third-order valence-corrected chi connectivity index (χ3v) is 5.48. The highest BCUT2D eigenvalue weighted by atomic mass is 32.2. The standard InChI is InChI=1S/C14H19NO2S/c1-4-14(3)9-10-15(11-14)18(16,17)13-7-5-12(2)6-8-13/h4-8H,1,9-11H2,2-3H3. The molecule has 0 aliphatic carbocycles. The van der Waals surface area contributed by atoms with Crippen molar-refractivity contribution in [2.24, 2.45) is 5.41 Å². The van der Waals surface area contributed by atoms with Crippen molar-refractivity contribution in [3.05, 3.63) is 42.5 Å². The molecule has 0 bridgehead atoms. The molecule has 0 amide bonds. The number of hydrogen-bond donors (Lipinski definition) is 0. The van der Waals surface area contributed by atoms with Gasteiger partial charge < -0.3 is 0 Å². The minimum atomic E-state index is -3.35. The van der Waals surface area contributed by atoms with Crippen LogP contribution in [0.3, 0.4) is 0 Å². The lowest BCUT2D eigenvalue weighted by Crippen LogP contribution is -2.30. The Morgan fingerprint density at radius 3 is 2.44 bits per heavy atom. The zero-order valence-corrected chi connectivity index (χ0v) is 11.7. The number of sulfonamides is 1. The van der Waals surface area contributed by atoms with E-state index >= 15 is 0 Å². The molecule has 1 fully saturated rings. The van der Waals surface area contributed by atoms with Gasteiger partial charge in [0.1, 0.15) is 0 Å². The van der Waals surface area contributed by atoms with E-state index in [2.05, 4.69) is 6.58 Å². The van der Waals surface area contributed by atoms with Crippen molar-refractivity contribution in [1.29, 1.82) is 0 Å². The first kappa shape index (κ1) is 13.3. The van der Waals surface area contributed by atoms with E-state index in [1.165, 1.54) is 0 Å². The van der Waals surface area contributed by atoms with Crippen LogP contribution < -0.4 is 0 Å². The third kappa shape index (κ3) is 2.35. The molecule has 2 rings (SSSR count). The van der Waals surface area contributed by atoms with Crippen molar-refractivity contribution in [2.75, 3.05) is 13.1 Å². The van der Waals surface area contributed by atoms with E-state index in [1.807, 2.05) is 32.1 Å². The molecule has 1 aliphatic rings. The van der Waals surface area contributed by atoms with E-state index in [0.717, 1.165) is 12.0 Å². The summed E-state index contributed by atoms with van der Waals surface area (Å²) in [6.45, 7) is 8.87. The van der Waals surface area contributed by atoms with Gasteiger partial charge in [0.05, 0.1) is 4.90 Å². The van der Waals surface area contributed by atoms with Crippen molar-refractivity contribution >= 4 is 10.0 Å². The van der Waals surface area contributed by atoms with Crippen LogP contribution in [-0.4, -0.2) is 25.8 Å². The van der Waals surface area contributed by atoms with Crippen LogP contribution >= 0.6 is 0 Å². The van der Waals surface area contributed by atoms with Crippen molar-refractivity contribution in [1.82, 2.24) is 4.31 Å². The van der Waals surface area contributed by atoms with Crippen LogP contribution in [0.25, 0.3) is 0 Å². The summed E-state index contributed by atoms with van der Waals surface area (Å²) >= 11 is 0. The van der Waals surface area contributed by atoms with Crippen molar-refractivity contribution in [3.8, 4) is 0 Å². The third-order valence-electron chi connectivity index (χ3n) is 3.62. The van der Waals surface area contributed by atoms with E-state index in [1.54, 1.807) is 16.4 Å². The van der Waals surface area contributed by atoms with Crippen LogP contribution in [0.15, 0.2) is 41.8 Å². The second-order valence-electron chi connectivity index (χ2n) is 5.26. The molecule has 18 heavy (non-hydrogen) atoms. The van der Waals surface area contributed by atoms with Gasteiger partial charge in [-0.25, -0.2) is 8.42 Å². The summed E-state index contributed by atoms with van der Waals surface area (Å²) in [5.74, 6) is 0. The first-order chi connectivity index (χ1) is 8.37. The smallest absolute Gasteiger partial charge is 0.207 e. The number of rotatable bonds is 3. The highest BCUT2D eigenvalue weighted by molar-refractivity contribution is 7.89. The van der Waals surface area contributed by atoms with E-state index < -0.39 is 10.0 Å². The Morgan fingerprint density at radius 1 is 1.33 bits per heavy atom. The molecule has 3 nitrogen and oxygen atoms in total. The van der Waals surface area contributed by atoms with Crippen molar-refractivity contribution in [2.45, 2.75) is 25.2 Å². The van der Waals surface area contributed by atoms with Gasteiger partial charge >= 0.3 is 0 Å². The molecule has 0 saturated carbocycles. The van der Waals surface area contributed by atoms with Gasteiger partial charge in [0.2, 0.25) is 10.0 Å². The Labute approximate surface area is 109 Å². The molecule has 1 aliphatic heterocycles. The van der Waals surface area contributed by atoms with E-state index in [0.29, 0.717) is 18.0 Å². The first-order valence-corrected chi connectivity index (χ1v) is 7.52. The molecule has 1 heterocycles. The molecule has 0 spiro atoms. The predicted molar refractivity (Wildman–Crippen MR) is 72.9 cm³/mol. The van der Waals surface area contributed by atoms with Gasteiger partial charge in [-0.15, -0.1) is 6.58 Å². The van der Waals surface area contributed by atoms with Crippen LogP contribution in [0, 0.1) is 12.3 Å². The normalized spacial score (nSPS) is 25.2. The lowest BCUT2D eigenvalue weighted by molar-refractivity contribution is 0.419. The summed E-state index contributed by atoms with van der Waals surface area (Å²) in [6.07, 6.45) is 2.69. The van der Waals surface area contributed by atoms with Crippen LogP contribution in [-0.2, 0) is 10.0 Å². The van der Waals surface area contributed by atoms with Gasteiger partial charge in [-0.1, -0.05) is 30.7 Å². The van der Waals surface area contributed by atoms with Crippen LogP contribution in [0.5, 0.6) is 0 Å². The van der Waals surface area contributed by atoms with Crippen LogP contribution in [0.1, 0.15) is 18.9 Å². The lowest BCUT2D eigenvalue weighted by Gasteiger charge is -2.20. The van der Waals surface area contributed by atoms with Gasteiger partial charge in [0, 0.05) is 18.5 Å². The van der Waals surface area contributed by atoms with Crippen LogP contribution in [0.4, 0.5) is 0 Å². The molecule has 0 radical (unpaired) electrons. The number of benzene rings is 1. The summed E-state index contributed by atoms with van der Waals surface area (Å²) in [4.78, 5) is 0.376. The number of aryl methyl sites for hydroxylation is 1. The average Bonchev–Trinajstić information content (AvgIpc) is 2.74. The minimum absolute atomic E-state index is 0.0994. The van der Waals surface area contributed by atoms with E-state index in [4.69, 9.17) is 0 Å². The molecule has 0 N–H and O–H groups in total. The molecule has 1 atom stereocenters. The average molecular weight is 265 g/mol. The number of nitrogens with zero attached hydrogens (tertiary/aromatic N) is 1. The summed E-state index contributed by atoms with van der Waals surface area (Å²) < 4.78 is 26.4. The quantitative estimate of drug-likeness (QED) is 0.788. The molecule has 98 valence electrons. The topological polar surface area (TPSA) is 37.4 Å². The summed E-state index contributed by atoms with van der Waals surface area (Å²) in [7, 11) is -3.35. The molecule has 1 aromatic carbocycles. The highest BCUT2D eigenvalue weighted by Crippen LogP contribution is 2.34. The van der Waals surface area contributed by atoms with Crippen molar-refractivity contribution in [3.63, 3.8) is 0 Å². The second-order valence-corrected chi connectivity index (χ2v) is 7.20. The Kier molecular flexibility index (Phi) is 3.34. The van der Waals surface area contributed by atoms with Gasteiger partial charge in [0.25, 0.3) is 0 Å². The Morgan fingerprint density at radius 2 is 1.94 bits per heavy atom. The molecular weight excluding hydrogens is 246 g/mol. The molecule has 1 aromatic rings. The van der Waals surface area contributed by atoms with Gasteiger partial charge in [-0.05, 0) is 25.5 Å². The monoisotopic (exact) mass is 265 g/mol. The zero-order valence-electron chi connectivity index (χ0n) is 10.9. The fourth-order valence-electron chi connectivity index (χ4n) is 2.17. The SMILES string of the molecule is C=CC1(C)CCN(S(=O)(=O)c2ccc(C)cc2)C1. The second kappa shape index (κ2) is 4.52. The maximum absolute atomic E-state index is 12.4. The first-order valence-electron chi connectivity index (χ1n) is 6.08. The van der Waals surface area contributed by atoms with E-state index in [-0.39, 0.29) is 5.41 Å². The maximum Gasteiger partial charge on any atom is 0.243 e. The van der Waals surface area contributed by atoms with Gasteiger partial charge in [-0.2, -0.15) is 4.31 Å². The Bertz CT molecular complexity index is 548. The lowest BCUT2D eigenvalue weighted by atomic mass is 9.90. The predicted octanol–water partition coefficient (Wildman–Crippen LogP) is 2.58. The molecule has 0 aromatic heterocycles. The fraction of sp³-hybridized carbons (Fsp3) is 0.429. The summed E-state index contributed by atoms with van der Waals surface area (Å²) in [5.41, 5.74) is 0.962. The van der Waals surface area contributed by atoms with Gasteiger partial charge in [0.15, 0.2) is 0 Å². The number of hydrogen-bond acceptors (Lipinski definition) is 2. The van der Waals surface area contributed by atoms with Crippen molar-refractivity contribution < 1.29 is 8.42 Å². The molecule has 1 unspecified atom stereocenters.